The van der Waals surface area contributed by atoms with Gasteiger partial charge in [0.1, 0.15) is 21.7 Å². The zero-order chi connectivity index (χ0) is 16.4. The third-order valence-electron chi connectivity index (χ3n) is 3.45. The molecule has 1 aromatic carbocycles. The van der Waals surface area contributed by atoms with Crippen molar-refractivity contribution in [2.24, 2.45) is 5.73 Å². The Morgan fingerprint density at radius 2 is 2.09 bits per heavy atom. The van der Waals surface area contributed by atoms with Crippen molar-refractivity contribution >= 4 is 17.3 Å². The van der Waals surface area contributed by atoms with Gasteiger partial charge in [0.2, 0.25) is 0 Å². The third-order valence-corrected chi connectivity index (χ3v) is 4.61. The van der Waals surface area contributed by atoms with Gasteiger partial charge >= 0.3 is 5.97 Å². The van der Waals surface area contributed by atoms with E-state index in [1.165, 1.54) is 0 Å². The number of aromatic nitrogens is 3. The number of nitrogens with two attached hydrogens (primary N) is 1. The van der Waals surface area contributed by atoms with Crippen molar-refractivity contribution in [3.05, 3.63) is 58.7 Å². The van der Waals surface area contributed by atoms with Crippen molar-refractivity contribution in [1.82, 2.24) is 14.8 Å². The molecule has 1 atom stereocenters. The maximum atomic E-state index is 11.1. The molecule has 3 aromatic rings. The summed E-state index contributed by atoms with van der Waals surface area (Å²) in [6, 6.07) is 11.8. The number of aryl methyl sites for hydroxylation is 1. The van der Waals surface area contributed by atoms with Crippen LogP contribution in [0.1, 0.15) is 27.1 Å². The average Bonchev–Trinajstić information content (AvgIpc) is 3.14. The standard InChI is InChI=1S/C16H16N4O2S/c1-10-14(16(21)22)23-15(18-10)12-7-8-20(19-12)13(17)9-11-5-3-2-4-6-11/h2-8,13H,9,17H2,1H3,(H,21,22). The molecule has 0 fully saturated rings. The van der Waals surface area contributed by atoms with Crippen LogP contribution in [0.5, 0.6) is 0 Å². The summed E-state index contributed by atoms with van der Waals surface area (Å²) in [5.74, 6) is -0.966. The summed E-state index contributed by atoms with van der Waals surface area (Å²) >= 11 is 1.12. The first-order valence-corrected chi connectivity index (χ1v) is 7.92. The lowest BCUT2D eigenvalue weighted by Gasteiger charge is -2.12. The zero-order valence-corrected chi connectivity index (χ0v) is 13.3. The first-order chi connectivity index (χ1) is 11.0. The van der Waals surface area contributed by atoms with E-state index in [-0.39, 0.29) is 11.0 Å². The number of carboxylic acids is 1. The normalized spacial score (nSPS) is 12.3. The average molecular weight is 328 g/mol. The molecule has 0 bridgehead atoms. The Hall–Kier alpha value is -2.51. The molecular formula is C16H16N4O2S. The van der Waals surface area contributed by atoms with E-state index in [2.05, 4.69) is 10.1 Å². The van der Waals surface area contributed by atoms with Crippen LogP contribution in [-0.2, 0) is 6.42 Å². The number of hydrogen-bond acceptors (Lipinski definition) is 5. The Bertz CT molecular complexity index is 826. The number of aromatic carboxylic acids is 1. The van der Waals surface area contributed by atoms with Gasteiger partial charge in [-0.3, -0.25) is 4.68 Å². The molecule has 0 aliphatic rings. The van der Waals surface area contributed by atoms with E-state index in [0.29, 0.717) is 22.8 Å². The van der Waals surface area contributed by atoms with Gasteiger partial charge in [0.15, 0.2) is 0 Å². The Balaban J connectivity index is 1.80. The summed E-state index contributed by atoms with van der Waals surface area (Å²) in [5, 5.41) is 14.1. The second-order valence-corrected chi connectivity index (χ2v) is 6.18. The molecule has 1 unspecified atom stereocenters. The predicted molar refractivity (Wildman–Crippen MR) is 88.4 cm³/mol. The molecule has 0 saturated carbocycles. The summed E-state index contributed by atoms with van der Waals surface area (Å²) in [7, 11) is 0. The Labute approximate surface area is 137 Å². The van der Waals surface area contributed by atoms with E-state index >= 15 is 0 Å². The van der Waals surface area contributed by atoms with Crippen LogP contribution >= 0.6 is 11.3 Å². The summed E-state index contributed by atoms with van der Waals surface area (Å²) in [5.41, 5.74) is 8.46. The van der Waals surface area contributed by atoms with E-state index < -0.39 is 5.97 Å². The van der Waals surface area contributed by atoms with Gasteiger partial charge in [-0.15, -0.1) is 11.3 Å². The molecule has 23 heavy (non-hydrogen) atoms. The van der Waals surface area contributed by atoms with Gasteiger partial charge in [0.05, 0.1) is 5.69 Å². The smallest absolute Gasteiger partial charge is 0.347 e. The van der Waals surface area contributed by atoms with Crippen LogP contribution in [-0.4, -0.2) is 25.8 Å². The van der Waals surface area contributed by atoms with Crippen LogP contribution in [0.15, 0.2) is 42.6 Å². The molecular weight excluding hydrogens is 312 g/mol. The van der Waals surface area contributed by atoms with Crippen LogP contribution in [0.4, 0.5) is 0 Å². The Morgan fingerprint density at radius 3 is 2.74 bits per heavy atom. The van der Waals surface area contributed by atoms with Crippen LogP contribution in [0.2, 0.25) is 0 Å². The lowest BCUT2D eigenvalue weighted by molar-refractivity contribution is 0.0701. The fourth-order valence-electron chi connectivity index (χ4n) is 2.29. The molecule has 0 spiro atoms. The number of carboxylic acid groups (broad SMARTS) is 1. The van der Waals surface area contributed by atoms with E-state index in [0.717, 1.165) is 16.9 Å². The summed E-state index contributed by atoms with van der Waals surface area (Å²) < 4.78 is 1.68. The first-order valence-electron chi connectivity index (χ1n) is 7.10. The zero-order valence-electron chi connectivity index (χ0n) is 12.5. The van der Waals surface area contributed by atoms with Gasteiger partial charge in [-0.25, -0.2) is 9.78 Å². The summed E-state index contributed by atoms with van der Waals surface area (Å²) in [4.78, 5) is 15.6. The Morgan fingerprint density at radius 1 is 1.35 bits per heavy atom. The number of rotatable bonds is 5. The fraction of sp³-hybridized carbons (Fsp3) is 0.188. The van der Waals surface area contributed by atoms with Crippen molar-refractivity contribution < 1.29 is 9.90 Å². The van der Waals surface area contributed by atoms with E-state index in [9.17, 15) is 4.79 Å². The number of nitrogens with zero attached hydrogens (tertiary/aromatic N) is 3. The van der Waals surface area contributed by atoms with Crippen molar-refractivity contribution in [2.45, 2.75) is 19.5 Å². The number of carbonyl (C=O) groups is 1. The molecule has 118 valence electrons. The van der Waals surface area contributed by atoms with Crippen LogP contribution in [0.3, 0.4) is 0 Å². The van der Waals surface area contributed by atoms with E-state index in [1.807, 2.05) is 30.3 Å². The van der Waals surface area contributed by atoms with Gasteiger partial charge in [0.25, 0.3) is 0 Å². The van der Waals surface area contributed by atoms with Gasteiger partial charge in [-0.05, 0) is 18.6 Å². The molecule has 2 aromatic heterocycles. The van der Waals surface area contributed by atoms with Gasteiger partial charge < -0.3 is 10.8 Å². The number of benzene rings is 1. The molecule has 0 saturated heterocycles. The van der Waals surface area contributed by atoms with Gasteiger partial charge in [-0.2, -0.15) is 5.10 Å². The van der Waals surface area contributed by atoms with Crippen LogP contribution in [0, 0.1) is 6.92 Å². The molecule has 0 aliphatic carbocycles. The SMILES string of the molecule is Cc1nc(-c2ccn(C(N)Cc3ccccc3)n2)sc1C(=O)O. The van der Waals surface area contributed by atoms with Crippen LogP contribution < -0.4 is 5.73 Å². The molecule has 0 radical (unpaired) electrons. The monoisotopic (exact) mass is 328 g/mol. The molecule has 0 aliphatic heterocycles. The van der Waals surface area contributed by atoms with Crippen molar-refractivity contribution in [2.75, 3.05) is 0 Å². The van der Waals surface area contributed by atoms with Crippen molar-refractivity contribution in [1.29, 1.82) is 0 Å². The van der Waals surface area contributed by atoms with Crippen molar-refractivity contribution in [3.8, 4) is 10.7 Å². The fourth-order valence-corrected chi connectivity index (χ4v) is 3.16. The maximum Gasteiger partial charge on any atom is 0.347 e. The second-order valence-electron chi connectivity index (χ2n) is 5.18. The molecule has 3 N–H and O–H groups in total. The highest BCUT2D eigenvalue weighted by atomic mass is 32.1. The summed E-state index contributed by atoms with van der Waals surface area (Å²) in [6.07, 6.45) is 2.17. The van der Waals surface area contributed by atoms with Crippen LogP contribution in [0.25, 0.3) is 10.7 Å². The quantitative estimate of drug-likeness (QED) is 0.751. The predicted octanol–water partition coefficient (Wildman–Crippen LogP) is 2.71. The molecule has 6 nitrogen and oxygen atoms in total. The topological polar surface area (TPSA) is 94.0 Å². The van der Waals surface area contributed by atoms with E-state index in [4.69, 9.17) is 10.8 Å². The van der Waals surface area contributed by atoms with Gasteiger partial charge in [-0.1, -0.05) is 30.3 Å². The summed E-state index contributed by atoms with van der Waals surface area (Å²) in [6.45, 7) is 1.68. The first kappa shape index (κ1) is 15.4. The minimum atomic E-state index is -0.966. The van der Waals surface area contributed by atoms with Crippen molar-refractivity contribution in [3.63, 3.8) is 0 Å². The minimum absolute atomic E-state index is 0.239. The number of hydrogen-bond donors (Lipinski definition) is 2. The highest BCUT2D eigenvalue weighted by Gasteiger charge is 2.17. The van der Waals surface area contributed by atoms with Gasteiger partial charge in [0, 0.05) is 12.6 Å². The minimum Gasteiger partial charge on any atom is -0.477 e. The molecule has 3 rings (SSSR count). The lowest BCUT2D eigenvalue weighted by atomic mass is 10.1. The lowest BCUT2D eigenvalue weighted by Crippen LogP contribution is -2.21. The highest BCUT2D eigenvalue weighted by molar-refractivity contribution is 7.17. The maximum absolute atomic E-state index is 11.1. The third kappa shape index (κ3) is 3.30. The largest absolute Gasteiger partial charge is 0.477 e. The molecule has 0 amide bonds. The van der Waals surface area contributed by atoms with E-state index in [1.54, 1.807) is 23.9 Å². The Kier molecular flexibility index (Phi) is 4.22. The number of thiazole rings is 1. The molecule has 2 heterocycles. The molecule has 7 heteroatoms. The highest BCUT2D eigenvalue weighted by Crippen LogP contribution is 2.27. The second kappa shape index (κ2) is 6.31.